The van der Waals surface area contributed by atoms with Crippen LogP contribution >= 0.6 is 0 Å². The zero-order chi connectivity index (χ0) is 13.4. The number of hydrogen-bond donors (Lipinski definition) is 1. The number of aromatic nitrogens is 1. The van der Waals surface area contributed by atoms with E-state index in [1.807, 2.05) is 6.92 Å². The van der Waals surface area contributed by atoms with Gasteiger partial charge in [0, 0.05) is 29.2 Å². The van der Waals surface area contributed by atoms with Crippen LogP contribution in [0.25, 0.3) is 10.9 Å². The zero-order valence-electron chi connectivity index (χ0n) is 11.8. The second-order valence-electron chi connectivity index (χ2n) is 5.47. The van der Waals surface area contributed by atoms with Crippen molar-refractivity contribution in [1.29, 1.82) is 0 Å². The summed E-state index contributed by atoms with van der Waals surface area (Å²) in [5.74, 6) is 0.963. The van der Waals surface area contributed by atoms with Crippen LogP contribution < -0.4 is 10.5 Å². The molecule has 0 aliphatic carbocycles. The Kier molecular flexibility index (Phi) is 3.23. The average molecular weight is 258 g/mol. The van der Waals surface area contributed by atoms with Crippen molar-refractivity contribution in [3.05, 3.63) is 29.5 Å². The molecule has 2 aromatic rings. The molecule has 0 fully saturated rings. The van der Waals surface area contributed by atoms with Gasteiger partial charge in [0.05, 0.1) is 6.61 Å². The number of benzene rings is 1. The number of aryl methyl sites for hydroxylation is 1. The fourth-order valence-electron chi connectivity index (χ4n) is 3.21. The van der Waals surface area contributed by atoms with Crippen LogP contribution in [-0.2, 0) is 19.4 Å². The van der Waals surface area contributed by atoms with Gasteiger partial charge in [0.2, 0.25) is 0 Å². The van der Waals surface area contributed by atoms with E-state index in [0.717, 1.165) is 18.7 Å². The van der Waals surface area contributed by atoms with Gasteiger partial charge in [-0.3, -0.25) is 0 Å². The standard InChI is InChI=1S/C16H22N2O/c1-3-19-12-6-7-16-14(10-12)13(9-11(2)17)15-5-4-8-18(15)16/h6-7,10-11H,3-5,8-9,17H2,1-2H3/t11-/m0/s1. The number of nitrogens with zero attached hydrogens (tertiary/aromatic N) is 1. The topological polar surface area (TPSA) is 40.2 Å². The van der Waals surface area contributed by atoms with E-state index in [-0.39, 0.29) is 6.04 Å². The van der Waals surface area contributed by atoms with E-state index in [0.29, 0.717) is 6.61 Å². The first-order valence-electron chi connectivity index (χ1n) is 7.23. The molecule has 3 heteroatoms. The van der Waals surface area contributed by atoms with E-state index in [1.165, 1.54) is 35.0 Å². The first-order chi connectivity index (χ1) is 9.20. The summed E-state index contributed by atoms with van der Waals surface area (Å²) in [7, 11) is 0. The van der Waals surface area contributed by atoms with Gasteiger partial charge in [0.25, 0.3) is 0 Å². The Hall–Kier alpha value is -1.48. The molecule has 1 aromatic carbocycles. The highest BCUT2D eigenvalue weighted by atomic mass is 16.5. The van der Waals surface area contributed by atoms with E-state index in [9.17, 15) is 0 Å². The summed E-state index contributed by atoms with van der Waals surface area (Å²) in [6.07, 6.45) is 3.39. The van der Waals surface area contributed by atoms with Crippen LogP contribution in [0, 0.1) is 0 Å². The quantitative estimate of drug-likeness (QED) is 0.916. The molecule has 2 N–H and O–H groups in total. The third kappa shape index (κ3) is 2.12. The molecule has 0 spiro atoms. The minimum atomic E-state index is 0.201. The molecular weight excluding hydrogens is 236 g/mol. The molecule has 102 valence electrons. The Morgan fingerprint density at radius 3 is 3.00 bits per heavy atom. The first kappa shape index (κ1) is 12.5. The van der Waals surface area contributed by atoms with Crippen molar-refractivity contribution in [3.63, 3.8) is 0 Å². The van der Waals surface area contributed by atoms with E-state index in [1.54, 1.807) is 0 Å². The average Bonchev–Trinajstić information content (AvgIpc) is 2.93. The fourth-order valence-corrected chi connectivity index (χ4v) is 3.21. The maximum absolute atomic E-state index is 6.02. The van der Waals surface area contributed by atoms with Gasteiger partial charge in [-0.25, -0.2) is 0 Å². The van der Waals surface area contributed by atoms with Gasteiger partial charge in [-0.05, 0) is 56.9 Å². The summed E-state index contributed by atoms with van der Waals surface area (Å²) in [4.78, 5) is 0. The van der Waals surface area contributed by atoms with E-state index in [4.69, 9.17) is 10.5 Å². The molecule has 2 heterocycles. The molecule has 3 rings (SSSR count). The van der Waals surface area contributed by atoms with Gasteiger partial charge >= 0.3 is 0 Å². The molecule has 0 radical (unpaired) electrons. The molecule has 0 saturated heterocycles. The minimum absolute atomic E-state index is 0.201. The lowest BCUT2D eigenvalue weighted by Crippen LogP contribution is -2.18. The molecule has 1 aliphatic rings. The zero-order valence-corrected chi connectivity index (χ0v) is 11.8. The normalized spacial score (nSPS) is 15.7. The van der Waals surface area contributed by atoms with Crippen molar-refractivity contribution in [2.45, 2.75) is 45.7 Å². The maximum atomic E-state index is 6.02. The molecule has 0 unspecified atom stereocenters. The van der Waals surface area contributed by atoms with Gasteiger partial charge in [-0.15, -0.1) is 0 Å². The molecule has 1 aromatic heterocycles. The molecule has 19 heavy (non-hydrogen) atoms. The third-order valence-corrected chi connectivity index (χ3v) is 3.89. The lowest BCUT2D eigenvalue weighted by atomic mass is 10.0. The second-order valence-corrected chi connectivity index (χ2v) is 5.47. The Balaban J connectivity index is 2.16. The largest absolute Gasteiger partial charge is 0.494 e. The smallest absolute Gasteiger partial charge is 0.120 e. The fraction of sp³-hybridized carbons (Fsp3) is 0.500. The summed E-state index contributed by atoms with van der Waals surface area (Å²) in [5.41, 5.74) is 10.3. The number of ether oxygens (including phenoxy) is 1. The summed E-state index contributed by atoms with van der Waals surface area (Å²) < 4.78 is 8.10. The maximum Gasteiger partial charge on any atom is 0.120 e. The number of hydrogen-bond acceptors (Lipinski definition) is 2. The van der Waals surface area contributed by atoms with Crippen molar-refractivity contribution in [2.24, 2.45) is 5.73 Å². The van der Waals surface area contributed by atoms with Crippen LogP contribution in [0.5, 0.6) is 5.75 Å². The highest BCUT2D eigenvalue weighted by Gasteiger charge is 2.21. The van der Waals surface area contributed by atoms with Gasteiger partial charge in [0.1, 0.15) is 5.75 Å². The van der Waals surface area contributed by atoms with Crippen molar-refractivity contribution >= 4 is 10.9 Å². The Bertz CT molecular complexity index is 598. The van der Waals surface area contributed by atoms with Crippen LogP contribution in [-0.4, -0.2) is 17.2 Å². The number of nitrogens with two attached hydrogens (primary N) is 1. The summed E-state index contributed by atoms with van der Waals surface area (Å²) >= 11 is 0. The Morgan fingerprint density at radius 1 is 1.42 bits per heavy atom. The molecule has 3 nitrogen and oxygen atoms in total. The highest BCUT2D eigenvalue weighted by Crippen LogP contribution is 2.34. The number of rotatable bonds is 4. The SMILES string of the molecule is CCOc1ccc2c(c1)c(C[C@H](C)N)c1n2CCC1. The van der Waals surface area contributed by atoms with Gasteiger partial charge in [-0.2, -0.15) is 0 Å². The van der Waals surface area contributed by atoms with Gasteiger partial charge in [-0.1, -0.05) is 0 Å². The minimum Gasteiger partial charge on any atom is -0.494 e. The lowest BCUT2D eigenvalue weighted by molar-refractivity contribution is 0.340. The summed E-state index contributed by atoms with van der Waals surface area (Å²) in [5, 5.41) is 1.33. The van der Waals surface area contributed by atoms with Crippen LogP contribution in [0.3, 0.4) is 0 Å². The van der Waals surface area contributed by atoms with Crippen molar-refractivity contribution in [3.8, 4) is 5.75 Å². The van der Waals surface area contributed by atoms with Crippen LogP contribution in [0.1, 0.15) is 31.5 Å². The predicted octanol–water partition coefficient (Wildman–Crippen LogP) is 2.88. The summed E-state index contributed by atoms with van der Waals surface area (Å²) in [6, 6.07) is 6.65. The Labute approximate surface area is 114 Å². The number of fused-ring (bicyclic) bond motifs is 3. The third-order valence-electron chi connectivity index (χ3n) is 3.89. The van der Waals surface area contributed by atoms with Crippen LogP contribution in [0.4, 0.5) is 0 Å². The highest BCUT2D eigenvalue weighted by molar-refractivity contribution is 5.87. The molecule has 1 aliphatic heterocycles. The van der Waals surface area contributed by atoms with Crippen molar-refractivity contribution in [1.82, 2.24) is 4.57 Å². The Morgan fingerprint density at radius 2 is 2.26 bits per heavy atom. The first-order valence-corrected chi connectivity index (χ1v) is 7.23. The van der Waals surface area contributed by atoms with Gasteiger partial charge in [0.15, 0.2) is 0 Å². The molecule has 1 atom stereocenters. The van der Waals surface area contributed by atoms with E-state index >= 15 is 0 Å². The van der Waals surface area contributed by atoms with Gasteiger partial charge < -0.3 is 15.0 Å². The molecular formula is C16H22N2O. The summed E-state index contributed by atoms with van der Waals surface area (Å²) in [6.45, 7) is 5.95. The van der Waals surface area contributed by atoms with Crippen molar-refractivity contribution < 1.29 is 4.74 Å². The predicted molar refractivity (Wildman–Crippen MR) is 78.8 cm³/mol. The van der Waals surface area contributed by atoms with E-state index in [2.05, 4.69) is 29.7 Å². The lowest BCUT2D eigenvalue weighted by Gasteiger charge is -2.07. The molecule has 0 saturated carbocycles. The monoisotopic (exact) mass is 258 g/mol. The van der Waals surface area contributed by atoms with E-state index < -0.39 is 0 Å². The van der Waals surface area contributed by atoms with Crippen LogP contribution in [0.15, 0.2) is 18.2 Å². The molecule has 0 amide bonds. The molecule has 0 bridgehead atoms. The second kappa shape index (κ2) is 4.89. The van der Waals surface area contributed by atoms with Crippen LogP contribution in [0.2, 0.25) is 0 Å². The van der Waals surface area contributed by atoms with Crippen molar-refractivity contribution in [2.75, 3.05) is 6.61 Å².